The Balaban J connectivity index is 1.67. The molecule has 1 fully saturated rings. The van der Waals surface area contributed by atoms with E-state index in [1.807, 2.05) is 48.5 Å². The molecule has 0 saturated carbocycles. The number of benzene rings is 3. The van der Waals surface area contributed by atoms with E-state index in [4.69, 9.17) is 12.2 Å². The van der Waals surface area contributed by atoms with E-state index in [0.717, 1.165) is 35.0 Å². The van der Waals surface area contributed by atoms with Gasteiger partial charge in [-0.3, -0.25) is 14.5 Å². The monoisotopic (exact) mass is 512 g/mol. The van der Waals surface area contributed by atoms with Crippen molar-refractivity contribution < 1.29 is 22.8 Å². The number of carbonyl (C=O) groups is 2. The summed E-state index contributed by atoms with van der Waals surface area (Å²) in [5.74, 6) is -1.07. The van der Waals surface area contributed by atoms with E-state index < -0.39 is 23.6 Å². The lowest BCUT2D eigenvalue weighted by Crippen LogP contribution is -2.28. The van der Waals surface area contributed by atoms with Crippen molar-refractivity contribution in [2.45, 2.75) is 19.1 Å². The predicted molar refractivity (Wildman–Crippen MR) is 134 cm³/mol. The SMILES string of the molecule is O=C(Nc1cccc(C(F)(F)F)c1)/C(Cc1ccccc1)=C1/SC(=S)N(Cc2ccccc2)C1=O. The van der Waals surface area contributed by atoms with Gasteiger partial charge in [0.05, 0.1) is 17.0 Å². The minimum absolute atomic E-state index is 0.0184. The van der Waals surface area contributed by atoms with E-state index in [2.05, 4.69) is 5.32 Å². The molecule has 178 valence electrons. The van der Waals surface area contributed by atoms with Crippen LogP contribution in [-0.2, 0) is 28.7 Å². The largest absolute Gasteiger partial charge is 0.416 e. The van der Waals surface area contributed by atoms with Gasteiger partial charge in [0.25, 0.3) is 11.8 Å². The fraction of sp³-hybridized carbons (Fsp3) is 0.115. The maximum Gasteiger partial charge on any atom is 0.416 e. The molecule has 1 aliphatic rings. The van der Waals surface area contributed by atoms with Gasteiger partial charge in [-0.25, -0.2) is 0 Å². The third-order valence-electron chi connectivity index (χ3n) is 5.25. The molecule has 3 aromatic rings. The second-order valence-electron chi connectivity index (χ2n) is 7.75. The number of halogens is 3. The van der Waals surface area contributed by atoms with Crippen molar-refractivity contribution in [3.05, 3.63) is 112 Å². The zero-order chi connectivity index (χ0) is 25.0. The molecule has 0 aliphatic carbocycles. The van der Waals surface area contributed by atoms with Gasteiger partial charge in [0.1, 0.15) is 4.32 Å². The number of amides is 2. The Morgan fingerprint density at radius 3 is 2.17 bits per heavy atom. The molecule has 4 rings (SSSR count). The van der Waals surface area contributed by atoms with Crippen LogP contribution >= 0.6 is 24.0 Å². The third-order valence-corrected chi connectivity index (χ3v) is 6.74. The van der Waals surface area contributed by atoms with Crippen LogP contribution in [0.15, 0.2) is 95.4 Å². The fourth-order valence-electron chi connectivity index (χ4n) is 3.53. The van der Waals surface area contributed by atoms with Gasteiger partial charge in [-0.1, -0.05) is 90.7 Å². The molecule has 9 heteroatoms. The van der Waals surface area contributed by atoms with Crippen LogP contribution in [0.25, 0.3) is 0 Å². The molecule has 1 N–H and O–H groups in total. The molecule has 0 atom stereocenters. The molecule has 0 spiro atoms. The Morgan fingerprint density at radius 1 is 0.914 bits per heavy atom. The number of alkyl halides is 3. The lowest BCUT2D eigenvalue weighted by atomic mass is 10.0. The highest BCUT2D eigenvalue weighted by atomic mass is 32.2. The average Bonchev–Trinajstić information content (AvgIpc) is 3.11. The van der Waals surface area contributed by atoms with Gasteiger partial charge in [-0.15, -0.1) is 0 Å². The van der Waals surface area contributed by atoms with Crippen molar-refractivity contribution in [2.75, 3.05) is 5.32 Å². The highest BCUT2D eigenvalue weighted by Gasteiger charge is 2.36. The molecule has 4 nitrogen and oxygen atoms in total. The summed E-state index contributed by atoms with van der Waals surface area (Å²) in [4.78, 5) is 28.2. The summed E-state index contributed by atoms with van der Waals surface area (Å²) in [7, 11) is 0. The quantitative estimate of drug-likeness (QED) is 0.316. The number of hydrogen-bond donors (Lipinski definition) is 1. The van der Waals surface area contributed by atoms with Crippen LogP contribution in [0, 0.1) is 0 Å². The topological polar surface area (TPSA) is 49.4 Å². The maximum atomic E-state index is 13.3. The molecule has 2 amide bonds. The predicted octanol–water partition coefficient (Wildman–Crippen LogP) is 6.20. The first-order valence-electron chi connectivity index (χ1n) is 10.6. The van der Waals surface area contributed by atoms with Gasteiger partial charge in [0.2, 0.25) is 0 Å². The van der Waals surface area contributed by atoms with E-state index in [1.165, 1.54) is 17.0 Å². The van der Waals surface area contributed by atoms with Crippen molar-refractivity contribution >= 4 is 45.8 Å². The van der Waals surface area contributed by atoms with Gasteiger partial charge >= 0.3 is 6.18 Å². The first kappa shape index (κ1) is 24.7. The Bertz CT molecular complexity index is 1290. The Morgan fingerprint density at radius 2 is 1.54 bits per heavy atom. The van der Waals surface area contributed by atoms with Crippen LogP contribution in [0.2, 0.25) is 0 Å². The van der Waals surface area contributed by atoms with Gasteiger partial charge in [0.15, 0.2) is 0 Å². The lowest BCUT2D eigenvalue weighted by Gasteiger charge is -2.15. The number of thiocarbonyl (C=S) groups is 1. The molecule has 1 saturated heterocycles. The molecule has 0 bridgehead atoms. The van der Waals surface area contributed by atoms with Crippen LogP contribution in [-0.4, -0.2) is 21.0 Å². The molecule has 3 aromatic carbocycles. The summed E-state index contributed by atoms with van der Waals surface area (Å²) >= 11 is 6.45. The molecule has 0 aromatic heterocycles. The molecule has 1 aliphatic heterocycles. The summed E-state index contributed by atoms with van der Waals surface area (Å²) in [5, 5.41) is 2.53. The molecule has 0 radical (unpaired) electrons. The fourth-order valence-corrected chi connectivity index (χ4v) is 4.84. The second-order valence-corrected chi connectivity index (χ2v) is 9.39. The smallest absolute Gasteiger partial charge is 0.322 e. The van der Waals surface area contributed by atoms with Crippen molar-refractivity contribution in [2.24, 2.45) is 0 Å². The summed E-state index contributed by atoms with van der Waals surface area (Å²) in [6.07, 6.45) is -4.44. The lowest BCUT2D eigenvalue weighted by molar-refractivity contribution is -0.137. The first-order chi connectivity index (χ1) is 16.7. The Kier molecular flexibility index (Phi) is 7.37. The number of carbonyl (C=O) groups excluding carboxylic acids is 2. The van der Waals surface area contributed by atoms with Crippen molar-refractivity contribution in [1.29, 1.82) is 0 Å². The van der Waals surface area contributed by atoms with Gasteiger partial charge in [-0.2, -0.15) is 13.2 Å². The summed E-state index contributed by atoms with van der Waals surface area (Å²) in [6, 6.07) is 22.7. The Labute approximate surface area is 209 Å². The number of hydrogen-bond acceptors (Lipinski definition) is 4. The Hall–Kier alpha value is -3.43. The van der Waals surface area contributed by atoms with Crippen LogP contribution in [0.1, 0.15) is 16.7 Å². The molecule has 0 unspecified atom stereocenters. The van der Waals surface area contributed by atoms with E-state index in [9.17, 15) is 22.8 Å². The van der Waals surface area contributed by atoms with Gasteiger partial charge < -0.3 is 5.32 Å². The van der Waals surface area contributed by atoms with Crippen LogP contribution in [0.3, 0.4) is 0 Å². The van der Waals surface area contributed by atoms with Crippen molar-refractivity contribution in [1.82, 2.24) is 4.90 Å². The highest BCUT2D eigenvalue weighted by Crippen LogP contribution is 2.36. The van der Waals surface area contributed by atoms with Crippen molar-refractivity contribution in [3.8, 4) is 0 Å². The standard InChI is InChI=1S/C26H19F3N2O2S2/c27-26(28,29)19-12-7-13-20(15-19)30-23(32)21(14-17-8-3-1-4-9-17)22-24(33)31(25(34)35-22)16-18-10-5-2-6-11-18/h1-13,15H,14,16H2,(H,30,32)/b22-21+. The zero-order valence-electron chi connectivity index (χ0n) is 18.2. The zero-order valence-corrected chi connectivity index (χ0v) is 19.8. The summed E-state index contributed by atoms with van der Waals surface area (Å²) in [5.41, 5.74) is 0.892. The number of nitrogens with zero attached hydrogens (tertiary/aromatic N) is 1. The molecule has 1 heterocycles. The van der Waals surface area contributed by atoms with E-state index >= 15 is 0 Å². The van der Waals surface area contributed by atoms with Crippen LogP contribution in [0.5, 0.6) is 0 Å². The van der Waals surface area contributed by atoms with Crippen molar-refractivity contribution in [3.63, 3.8) is 0 Å². The summed E-state index contributed by atoms with van der Waals surface area (Å²) in [6.45, 7) is 0.253. The third kappa shape index (κ3) is 5.98. The molecule has 35 heavy (non-hydrogen) atoms. The minimum atomic E-state index is -4.55. The van der Waals surface area contributed by atoms with E-state index in [1.54, 1.807) is 12.1 Å². The van der Waals surface area contributed by atoms with E-state index in [-0.39, 0.29) is 29.1 Å². The van der Waals surface area contributed by atoms with Gasteiger partial charge in [-0.05, 0) is 29.3 Å². The average molecular weight is 513 g/mol. The van der Waals surface area contributed by atoms with Gasteiger partial charge in [0, 0.05) is 17.7 Å². The normalized spacial score (nSPS) is 15.3. The summed E-state index contributed by atoms with van der Waals surface area (Å²) < 4.78 is 39.7. The maximum absolute atomic E-state index is 13.3. The second kappa shape index (κ2) is 10.5. The highest BCUT2D eigenvalue weighted by molar-refractivity contribution is 8.26. The molecular formula is C26H19F3N2O2S2. The molecular weight excluding hydrogens is 493 g/mol. The van der Waals surface area contributed by atoms with Crippen LogP contribution in [0.4, 0.5) is 18.9 Å². The number of rotatable bonds is 6. The van der Waals surface area contributed by atoms with Crippen LogP contribution < -0.4 is 5.32 Å². The van der Waals surface area contributed by atoms with E-state index in [0.29, 0.717) is 4.32 Å². The number of thioether (sulfide) groups is 1. The number of nitrogens with one attached hydrogen (secondary N) is 1. The number of anilines is 1. The minimum Gasteiger partial charge on any atom is -0.322 e. The first-order valence-corrected chi connectivity index (χ1v) is 11.8.